The van der Waals surface area contributed by atoms with Crippen LogP contribution in [0.15, 0.2) is 0 Å². The Labute approximate surface area is 122 Å². The zero-order valence-corrected chi connectivity index (χ0v) is 13.0. The molecule has 1 aromatic heterocycles. The van der Waals surface area contributed by atoms with Gasteiger partial charge in [-0.1, -0.05) is 13.3 Å². The van der Waals surface area contributed by atoms with Crippen LogP contribution < -0.4 is 5.32 Å². The number of hydrogen-bond donors (Lipinski definition) is 1. The number of nitrogens with zero attached hydrogens (tertiary/aromatic N) is 3. The molecule has 112 valence electrons. The molecule has 1 saturated heterocycles. The van der Waals surface area contributed by atoms with E-state index in [1.165, 1.54) is 62.1 Å². The topological polar surface area (TPSA) is 33.1 Å². The predicted molar refractivity (Wildman–Crippen MR) is 83.2 cm³/mol. The van der Waals surface area contributed by atoms with Gasteiger partial charge in [0.1, 0.15) is 5.82 Å². The molecule has 0 aromatic carbocycles. The van der Waals surface area contributed by atoms with Gasteiger partial charge < -0.3 is 5.32 Å². The van der Waals surface area contributed by atoms with Crippen LogP contribution in [0.5, 0.6) is 0 Å². The molecule has 2 aliphatic heterocycles. The van der Waals surface area contributed by atoms with Crippen LogP contribution in [0.25, 0.3) is 0 Å². The lowest BCUT2D eigenvalue weighted by atomic mass is 9.95. The van der Waals surface area contributed by atoms with E-state index >= 15 is 0 Å². The van der Waals surface area contributed by atoms with Crippen molar-refractivity contribution in [2.24, 2.45) is 0 Å². The van der Waals surface area contributed by atoms with Gasteiger partial charge >= 0.3 is 0 Å². The zero-order valence-electron chi connectivity index (χ0n) is 13.0. The summed E-state index contributed by atoms with van der Waals surface area (Å²) in [6, 6.07) is 0.551. The molecule has 4 heteroatoms. The van der Waals surface area contributed by atoms with Crippen LogP contribution in [-0.4, -0.2) is 34.3 Å². The van der Waals surface area contributed by atoms with Gasteiger partial charge in [0.25, 0.3) is 0 Å². The molecule has 0 bridgehead atoms. The van der Waals surface area contributed by atoms with Crippen LogP contribution in [0, 0.1) is 0 Å². The Morgan fingerprint density at radius 3 is 2.85 bits per heavy atom. The van der Waals surface area contributed by atoms with Gasteiger partial charge in [0, 0.05) is 18.7 Å². The van der Waals surface area contributed by atoms with Crippen molar-refractivity contribution in [2.75, 3.05) is 25.0 Å². The summed E-state index contributed by atoms with van der Waals surface area (Å²) in [5.41, 5.74) is 2.88. The first-order valence-electron chi connectivity index (χ1n) is 8.42. The Kier molecular flexibility index (Phi) is 4.29. The standard InChI is InChI=1S/C16H28N4/c1-3-19-12-8-6-10-14(19)15-13-9-5-7-11-17-16(13)20(4-2)18-15/h14,17H,3-12H2,1-2H3. The van der Waals surface area contributed by atoms with E-state index < -0.39 is 0 Å². The van der Waals surface area contributed by atoms with Gasteiger partial charge in [-0.2, -0.15) is 5.10 Å². The molecule has 1 unspecified atom stereocenters. The van der Waals surface area contributed by atoms with Gasteiger partial charge in [0.15, 0.2) is 0 Å². The first-order chi connectivity index (χ1) is 9.85. The molecular formula is C16H28N4. The number of fused-ring (bicyclic) bond motifs is 1. The van der Waals surface area contributed by atoms with E-state index in [9.17, 15) is 0 Å². The summed E-state index contributed by atoms with van der Waals surface area (Å²) in [6.07, 6.45) is 7.75. The largest absolute Gasteiger partial charge is 0.370 e. The highest BCUT2D eigenvalue weighted by atomic mass is 15.3. The van der Waals surface area contributed by atoms with Crippen molar-refractivity contribution in [1.82, 2.24) is 14.7 Å². The number of aryl methyl sites for hydroxylation is 1. The Morgan fingerprint density at radius 1 is 1.15 bits per heavy atom. The lowest BCUT2D eigenvalue weighted by molar-refractivity contribution is 0.152. The average molecular weight is 276 g/mol. The van der Waals surface area contributed by atoms with Gasteiger partial charge in [0.05, 0.1) is 11.7 Å². The molecule has 20 heavy (non-hydrogen) atoms. The fourth-order valence-corrected chi connectivity index (χ4v) is 3.77. The summed E-state index contributed by atoms with van der Waals surface area (Å²) in [5, 5.41) is 8.61. The molecule has 0 aliphatic carbocycles. The Balaban J connectivity index is 1.97. The number of hydrogen-bond acceptors (Lipinski definition) is 3. The van der Waals surface area contributed by atoms with Gasteiger partial charge in [-0.05, 0) is 52.1 Å². The molecule has 3 heterocycles. The third-order valence-electron chi connectivity index (χ3n) is 4.86. The molecule has 1 N–H and O–H groups in total. The lowest BCUT2D eigenvalue weighted by Gasteiger charge is -2.34. The second-order valence-electron chi connectivity index (χ2n) is 6.05. The summed E-state index contributed by atoms with van der Waals surface area (Å²) in [7, 11) is 0. The highest BCUT2D eigenvalue weighted by Crippen LogP contribution is 2.36. The summed E-state index contributed by atoms with van der Waals surface area (Å²) in [6.45, 7) is 8.93. The molecule has 0 spiro atoms. The van der Waals surface area contributed by atoms with E-state index in [1.807, 2.05) is 0 Å². The van der Waals surface area contributed by atoms with Gasteiger partial charge in [-0.3, -0.25) is 4.90 Å². The lowest BCUT2D eigenvalue weighted by Crippen LogP contribution is -2.34. The number of anilines is 1. The minimum absolute atomic E-state index is 0.551. The zero-order chi connectivity index (χ0) is 13.9. The average Bonchev–Trinajstić information content (AvgIpc) is 2.68. The van der Waals surface area contributed by atoms with Gasteiger partial charge in [-0.25, -0.2) is 4.68 Å². The van der Waals surface area contributed by atoms with Crippen LogP contribution in [0.1, 0.15) is 63.3 Å². The molecule has 1 fully saturated rings. The first-order valence-corrected chi connectivity index (χ1v) is 8.42. The molecule has 3 rings (SSSR count). The maximum atomic E-state index is 4.99. The van der Waals surface area contributed by atoms with E-state index in [4.69, 9.17) is 5.10 Å². The van der Waals surface area contributed by atoms with Crippen molar-refractivity contribution in [1.29, 1.82) is 0 Å². The van der Waals surface area contributed by atoms with Crippen molar-refractivity contribution in [2.45, 2.75) is 65.0 Å². The quantitative estimate of drug-likeness (QED) is 0.920. The maximum Gasteiger partial charge on any atom is 0.127 e. The van der Waals surface area contributed by atoms with E-state index in [1.54, 1.807) is 0 Å². The van der Waals surface area contributed by atoms with Crippen molar-refractivity contribution in [3.8, 4) is 0 Å². The van der Waals surface area contributed by atoms with E-state index in [0.717, 1.165) is 19.6 Å². The minimum Gasteiger partial charge on any atom is -0.370 e. The summed E-state index contributed by atoms with van der Waals surface area (Å²) < 4.78 is 2.19. The van der Waals surface area contributed by atoms with Crippen molar-refractivity contribution >= 4 is 5.82 Å². The molecule has 0 radical (unpaired) electrons. The molecule has 0 saturated carbocycles. The van der Waals surface area contributed by atoms with E-state index in [-0.39, 0.29) is 0 Å². The van der Waals surface area contributed by atoms with Crippen LogP contribution in [0.3, 0.4) is 0 Å². The Morgan fingerprint density at radius 2 is 2.05 bits per heavy atom. The Bertz CT molecular complexity index is 452. The van der Waals surface area contributed by atoms with Crippen molar-refractivity contribution in [3.05, 3.63) is 11.3 Å². The highest BCUT2D eigenvalue weighted by Gasteiger charge is 2.30. The summed E-state index contributed by atoms with van der Waals surface area (Å²) >= 11 is 0. The monoisotopic (exact) mass is 276 g/mol. The third kappa shape index (κ3) is 2.46. The van der Waals surface area contributed by atoms with Crippen LogP contribution in [-0.2, 0) is 13.0 Å². The predicted octanol–water partition coefficient (Wildman–Crippen LogP) is 3.20. The molecule has 4 nitrogen and oxygen atoms in total. The fourth-order valence-electron chi connectivity index (χ4n) is 3.77. The Hall–Kier alpha value is -1.03. The van der Waals surface area contributed by atoms with Crippen LogP contribution in [0.2, 0.25) is 0 Å². The molecular weight excluding hydrogens is 248 g/mol. The van der Waals surface area contributed by atoms with Crippen molar-refractivity contribution in [3.63, 3.8) is 0 Å². The minimum atomic E-state index is 0.551. The van der Waals surface area contributed by atoms with E-state index in [0.29, 0.717) is 6.04 Å². The highest BCUT2D eigenvalue weighted by molar-refractivity contribution is 5.50. The van der Waals surface area contributed by atoms with Crippen LogP contribution >= 0.6 is 0 Å². The van der Waals surface area contributed by atoms with Crippen molar-refractivity contribution < 1.29 is 0 Å². The van der Waals surface area contributed by atoms with Gasteiger partial charge in [-0.15, -0.1) is 0 Å². The normalized spacial score (nSPS) is 24.0. The molecule has 1 atom stereocenters. The SMILES string of the molecule is CCN1CCCCC1c1nn(CC)c2c1CCCCN2. The second kappa shape index (κ2) is 6.17. The van der Waals surface area contributed by atoms with Gasteiger partial charge in [0.2, 0.25) is 0 Å². The third-order valence-corrected chi connectivity index (χ3v) is 4.86. The second-order valence-corrected chi connectivity index (χ2v) is 6.05. The number of likely N-dealkylation sites (tertiary alicyclic amines) is 1. The fraction of sp³-hybridized carbons (Fsp3) is 0.812. The first kappa shape index (κ1) is 13.9. The smallest absolute Gasteiger partial charge is 0.127 e. The van der Waals surface area contributed by atoms with E-state index in [2.05, 4.69) is 28.7 Å². The maximum absolute atomic E-state index is 4.99. The number of aromatic nitrogens is 2. The number of piperidine rings is 1. The van der Waals surface area contributed by atoms with Crippen LogP contribution in [0.4, 0.5) is 5.82 Å². The summed E-state index contributed by atoms with van der Waals surface area (Å²) in [5.74, 6) is 1.31. The summed E-state index contributed by atoms with van der Waals surface area (Å²) in [4.78, 5) is 2.62. The molecule has 2 aliphatic rings. The molecule has 0 amide bonds. The number of rotatable bonds is 3. The number of nitrogens with one attached hydrogen (secondary N) is 1. The molecule has 1 aromatic rings.